The van der Waals surface area contributed by atoms with E-state index in [2.05, 4.69) is 10.2 Å². The van der Waals surface area contributed by atoms with Gasteiger partial charge >= 0.3 is 0 Å². The van der Waals surface area contributed by atoms with Crippen molar-refractivity contribution < 1.29 is 0 Å². The molecule has 0 aromatic carbocycles. The maximum atomic E-state index is 11.5. The molecule has 2 aliphatic rings. The number of H-pyrrole nitrogens is 1. The summed E-state index contributed by atoms with van der Waals surface area (Å²) in [5, 5.41) is 6.61. The molecule has 2 aliphatic carbocycles. The number of fused-ring (bicyclic) bond motifs is 5. The molecule has 3 nitrogen and oxygen atoms in total. The first-order valence-electron chi connectivity index (χ1n) is 4.86. The zero-order valence-corrected chi connectivity index (χ0v) is 7.63. The number of nitrogens with zero attached hydrogens (tertiary/aromatic N) is 1. The molecule has 0 saturated heterocycles. The maximum Gasteiger partial charge on any atom is 0.267 e. The van der Waals surface area contributed by atoms with Crippen molar-refractivity contribution >= 4 is 0 Å². The minimum Gasteiger partial charge on any atom is -0.268 e. The van der Waals surface area contributed by atoms with Crippen molar-refractivity contribution in [1.82, 2.24) is 10.2 Å². The van der Waals surface area contributed by atoms with Crippen LogP contribution in [0.15, 0.2) is 4.79 Å². The van der Waals surface area contributed by atoms with Gasteiger partial charge in [-0.1, -0.05) is 0 Å². The predicted molar refractivity (Wildman–Crippen MR) is 48.9 cm³/mol. The minimum absolute atomic E-state index is 0.0489. The van der Waals surface area contributed by atoms with Gasteiger partial charge in [-0.15, -0.1) is 0 Å². The average Bonchev–Trinajstić information content (AvgIpc) is 2.70. The smallest absolute Gasteiger partial charge is 0.267 e. The largest absolute Gasteiger partial charge is 0.268 e. The van der Waals surface area contributed by atoms with Crippen LogP contribution in [-0.2, 0) is 0 Å². The van der Waals surface area contributed by atoms with Gasteiger partial charge in [-0.2, -0.15) is 5.10 Å². The van der Waals surface area contributed by atoms with Crippen LogP contribution in [0.3, 0.4) is 0 Å². The van der Waals surface area contributed by atoms with E-state index in [0.29, 0.717) is 11.8 Å². The van der Waals surface area contributed by atoms with E-state index >= 15 is 0 Å². The number of aryl methyl sites for hydroxylation is 1. The lowest BCUT2D eigenvalue weighted by molar-refractivity contribution is 0.688. The highest BCUT2D eigenvalue weighted by Crippen LogP contribution is 2.52. The van der Waals surface area contributed by atoms with E-state index in [0.717, 1.165) is 11.3 Å². The van der Waals surface area contributed by atoms with Crippen LogP contribution in [0.25, 0.3) is 0 Å². The Balaban J connectivity index is 2.36. The monoisotopic (exact) mass is 176 g/mol. The standard InChI is InChI=1S/C10H12N2O/c1-5-8-6-2-3-7(4-6)9(8)10(13)12-11-5/h6-7H,2-4H2,1H3,(H,12,13). The second-order valence-corrected chi connectivity index (χ2v) is 4.17. The van der Waals surface area contributed by atoms with Gasteiger partial charge in [0.15, 0.2) is 0 Å². The normalized spacial score (nSPS) is 29.3. The molecule has 2 unspecified atom stereocenters. The van der Waals surface area contributed by atoms with E-state index in [-0.39, 0.29) is 5.56 Å². The Labute approximate surface area is 76.2 Å². The van der Waals surface area contributed by atoms with Gasteiger partial charge in [0.1, 0.15) is 0 Å². The molecule has 1 aromatic rings. The van der Waals surface area contributed by atoms with Crippen LogP contribution in [0.5, 0.6) is 0 Å². The second kappa shape index (κ2) is 2.22. The van der Waals surface area contributed by atoms with Gasteiger partial charge in [0.05, 0.1) is 5.69 Å². The van der Waals surface area contributed by atoms with E-state index in [1.807, 2.05) is 6.92 Å². The molecular weight excluding hydrogens is 164 g/mol. The number of hydrogen-bond acceptors (Lipinski definition) is 2. The van der Waals surface area contributed by atoms with Crippen LogP contribution in [0, 0.1) is 6.92 Å². The summed E-state index contributed by atoms with van der Waals surface area (Å²) in [6.45, 7) is 2.00. The lowest BCUT2D eigenvalue weighted by Crippen LogP contribution is -2.19. The third-order valence-electron chi connectivity index (χ3n) is 3.50. The summed E-state index contributed by atoms with van der Waals surface area (Å²) in [6, 6.07) is 0. The Hall–Kier alpha value is -1.12. The quantitative estimate of drug-likeness (QED) is 0.650. The van der Waals surface area contributed by atoms with E-state index < -0.39 is 0 Å². The van der Waals surface area contributed by atoms with Crippen LogP contribution in [-0.4, -0.2) is 10.2 Å². The van der Waals surface area contributed by atoms with Gasteiger partial charge < -0.3 is 0 Å². The number of hydrogen-bond donors (Lipinski definition) is 1. The fourth-order valence-electron chi connectivity index (χ4n) is 3.00. The van der Waals surface area contributed by atoms with E-state index in [1.54, 1.807) is 0 Å². The first kappa shape index (κ1) is 7.30. The third kappa shape index (κ3) is 0.794. The molecular formula is C10H12N2O. The molecule has 68 valence electrons. The van der Waals surface area contributed by atoms with Crippen molar-refractivity contribution in [3.8, 4) is 0 Å². The summed E-state index contributed by atoms with van der Waals surface area (Å²) < 4.78 is 0. The van der Waals surface area contributed by atoms with Gasteiger partial charge in [-0.25, -0.2) is 5.10 Å². The van der Waals surface area contributed by atoms with Gasteiger partial charge in [-0.3, -0.25) is 4.79 Å². The fraction of sp³-hybridized carbons (Fsp3) is 0.600. The molecule has 1 fully saturated rings. The molecule has 1 N–H and O–H groups in total. The van der Waals surface area contributed by atoms with Crippen LogP contribution in [0.2, 0.25) is 0 Å². The Kier molecular flexibility index (Phi) is 1.25. The molecule has 2 bridgehead atoms. The topological polar surface area (TPSA) is 45.8 Å². The Bertz CT molecular complexity index is 421. The van der Waals surface area contributed by atoms with E-state index in [4.69, 9.17) is 0 Å². The number of aromatic nitrogens is 2. The van der Waals surface area contributed by atoms with Crippen molar-refractivity contribution in [2.75, 3.05) is 0 Å². The minimum atomic E-state index is 0.0489. The van der Waals surface area contributed by atoms with Crippen LogP contribution in [0.4, 0.5) is 0 Å². The van der Waals surface area contributed by atoms with Crippen molar-refractivity contribution in [2.45, 2.75) is 38.0 Å². The summed E-state index contributed by atoms with van der Waals surface area (Å²) in [6.07, 6.45) is 3.64. The van der Waals surface area contributed by atoms with E-state index in [1.165, 1.54) is 24.8 Å². The summed E-state index contributed by atoms with van der Waals surface area (Å²) in [5.74, 6) is 1.17. The number of rotatable bonds is 0. The summed E-state index contributed by atoms with van der Waals surface area (Å²) >= 11 is 0. The molecule has 13 heavy (non-hydrogen) atoms. The Morgan fingerprint density at radius 3 is 2.69 bits per heavy atom. The van der Waals surface area contributed by atoms with E-state index in [9.17, 15) is 4.79 Å². The molecule has 1 saturated carbocycles. The molecule has 1 heterocycles. The fourth-order valence-corrected chi connectivity index (χ4v) is 3.00. The van der Waals surface area contributed by atoms with Crippen molar-refractivity contribution in [3.05, 3.63) is 27.2 Å². The Morgan fingerprint density at radius 1 is 1.31 bits per heavy atom. The van der Waals surface area contributed by atoms with Crippen molar-refractivity contribution in [1.29, 1.82) is 0 Å². The first-order chi connectivity index (χ1) is 6.27. The average molecular weight is 176 g/mol. The molecule has 1 aromatic heterocycles. The summed E-state index contributed by atoms with van der Waals surface area (Å²) in [5.41, 5.74) is 3.39. The highest BCUT2D eigenvalue weighted by atomic mass is 16.1. The highest BCUT2D eigenvalue weighted by molar-refractivity contribution is 5.41. The molecule has 3 rings (SSSR count). The van der Waals surface area contributed by atoms with Crippen LogP contribution in [0.1, 0.15) is 47.9 Å². The van der Waals surface area contributed by atoms with Gasteiger partial charge in [0, 0.05) is 5.56 Å². The van der Waals surface area contributed by atoms with Gasteiger partial charge in [-0.05, 0) is 43.6 Å². The number of aromatic amines is 1. The maximum absolute atomic E-state index is 11.5. The molecule has 2 atom stereocenters. The summed E-state index contributed by atoms with van der Waals surface area (Å²) in [4.78, 5) is 11.5. The van der Waals surface area contributed by atoms with Crippen molar-refractivity contribution in [3.63, 3.8) is 0 Å². The van der Waals surface area contributed by atoms with Gasteiger partial charge in [0.2, 0.25) is 0 Å². The van der Waals surface area contributed by atoms with Crippen LogP contribution < -0.4 is 5.56 Å². The second-order valence-electron chi connectivity index (χ2n) is 4.17. The van der Waals surface area contributed by atoms with Gasteiger partial charge in [0.25, 0.3) is 5.56 Å². The first-order valence-corrected chi connectivity index (χ1v) is 4.86. The van der Waals surface area contributed by atoms with Crippen LogP contribution >= 0.6 is 0 Å². The lowest BCUT2D eigenvalue weighted by atomic mass is 9.92. The molecule has 0 spiro atoms. The zero-order chi connectivity index (χ0) is 9.00. The predicted octanol–water partition coefficient (Wildman–Crippen LogP) is 1.44. The molecule has 0 radical (unpaired) electrons. The molecule has 3 heteroatoms. The summed E-state index contributed by atoms with van der Waals surface area (Å²) in [7, 11) is 0. The third-order valence-corrected chi connectivity index (χ3v) is 3.50. The number of nitrogens with one attached hydrogen (secondary N) is 1. The molecule has 0 amide bonds. The lowest BCUT2D eigenvalue weighted by Gasteiger charge is -2.14. The molecule has 0 aliphatic heterocycles. The zero-order valence-electron chi connectivity index (χ0n) is 7.63. The Morgan fingerprint density at radius 2 is 2.00 bits per heavy atom. The highest BCUT2D eigenvalue weighted by Gasteiger charge is 2.40. The SMILES string of the molecule is Cc1n[nH]c(=O)c2c1C1CCC2C1. The van der Waals surface area contributed by atoms with Crippen molar-refractivity contribution in [2.24, 2.45) is 0 Å².